The number of nitro groups is 1. The maximum absolute atomic E-state index is 10.5. The lowest BCUT2D eigenvalue weighted by atomic mass is 10.1. The fourth-order valence-corrected chi connectivity index (χ4v) is 1.15. The van der Waals surface area contributed by atoms with Gasteiger partial charge in [-0.25, -0.2) is 0 Å². The minimum Gasteiger partial charge on any atom is -0.495 e. The highest BCUT2D eigenvalue weighted by Crippen LogP contribution is 2.27. The second-order valence-electron chi connectivity index (χ2n) is 2.71. The molecule has 0 aromatic heterocycles. The van der Waals surface area contributed by atoms with E-state index in [1.54, 1.807) is 6.92 Å². The number of hydrogen-bond acceptors (Lipinski definition) is 4. The first-order chi connectivity index (χ1) is 6.60. The Morgan fingerprint density at radius 2 is 2.21 bits per heavy atom. The van der Waals surface area contributed by atoms with Crippen LogP contribution in [0.5, 0.6) is 5.75 Å². The van der Waals surface area contributed by atoms with Gasteiger partial charge in [0.15, 0.2) is 0 Å². The van der Waals surface area contributed by atoms with Crippen LogP contribution >= 0.6 is 0 Å². The highest BCUT2D eigenvalue weighted by Gasteiger charge is 2.14. The smallest absolute Gasteiger partial charge is 0.273 e. The van der Waals surface area contributed by atoms with Crippen molar-refractivity contribution in [3.63, 3.8) is 0 Å². The number of aryl methyl sites for hydroxylation is 1. The molecule has 1 aromatic carbocycles. The summed E-state index contributed by atoms with van der Waals surface area (Å²) in [6, 6.07) is 4.52. The van der Waals surface area contributed by atoms with Crippen LogP contribution in [0.2, 0.25) is 0 Å². The van der Waals surface area contributed by atoms with Crippen molar-refractivity contribution in [2.45, 2.75) is 6.92 Å². The molecule has 0 N–H and O–H groups in total. The lowest BCUT2D eigenvalue weighted by Gasteiger charge is -2.04. The summed E-state index contributed by atoms with van der Waals surface area (Å²) in [5, 5.41) is 19.2. The molecule has 0 aliphatic carbocycles. The summed E-state index contributed by atoms with van der Waals surface area (Å²) in [6.07, 6.45) is 0. The second-order valence-corrected chi connectivity index (χ2v) is 2.71. The third-order valence-corrected chi connectivity index (χ3v) is 1.83. The van der Waals surface area contributed by atoms with E-state index in [1.807, 2.05) is 6.07 Å². The number of benzene rings is 1. The van der Waals surface area contributed by atoms with Crippen molar-refractivity contribution >= 4 is 5.69 Å². The molecule has 0 amide bonds. The molecule has 0 aliphatic rings. The van der Waals surface area contributed by atoms with Crippen molar-refractivity contribution in [1.82, 2.24) is 0 Å². The molecule has 14 heavy (non-hydrogen) atoms. The monoisotopic (exact) mass is 192 g/mol. The van der Waals surface area contributed by atoms with Gasteiger partial charge in [-0.2, -0.15) is 5.26 Å². The SMILES string of the molecule is COc1cc([N+](=O)[O-])cc(C)c1C#N. The Hall–Kier alpha value is -2.09. The number of non-ortho nitro benzene ring substituents is 1. The first kappa shape index (κ1) is 9.99. The third-order valence-electron chi connectivity index (χ3n) is 1.83. The summed E-state index contributed by atoms with van der Waals surface area (Å²) >= 11 is 0. The molecular weight excluding hydrogens is 184 g/mol. The maximum atomic E-state index is 10.5. The van der Waals surface area contributed by atoms with Gasteiger partial charge in [0.05, 0.1) is 23.7 Å². The number of nitriles is 1. The summed E-state index contributed by atoms with van der Waals surface area (Å²) in [6.45, 7) is 1.63. The fourth-order valence-electron chi connectivity index (χ4n) is 1.15. The standard InChI is InChI=1S/C9H8N2O3/c1-6-3-7(11(12)13)4-9(14-2)8(6)5-10/h3-4H,1-2H3. The van der Waals surface area contributed by atoms with Crippen LogP contribution in [0.4, 0.5) is 5.69 Å². The fraction of sp³-hybridized carbons (Fsp3) is 0.222. The van der Waals surface area contributed by atoms with Gasteiger partial charge in [0, 0.05) is 6.07 Å². The van der Waals surface area contributed by atoms with Crippen molar-refractivity contribution in [3.8, 4) is 11.8 Å². The van der Waals surface area contributed by atoms with Crippen molar-refractivity contribution < 1.29 is 9.66 Å². The van der Waals surface area contributed by atoms with E-state index in [9.17, 15) is 10.1 Å². The predicted molar refractivity (Wildman–Crippen MR) is 49.1 cm³/mol. The molecule has 0 atom stereocenters. The lowest BCUT2D eigenvalue weighted by Crippen LogP contribution is -1.95. The molecule has 0 saturated heterocycles. The predicted octanol–water partition coefficient (Wildman–Crippen LogP) is 1.78. The van der Waals surface area contributed by atoms with Gasteiger partial charge in [0.25, 0.3) is 5.69 Å². The van der Waals surface area contributed by atoms with Gasteiger partial charge < -0.3 is 4.74 Å². The average molecular weight is 192 g/mol. The van der Waals surface area contributed by atoms with Gasteiger partial charge in [-0.3, -0.25) is 10.1 Å². The van der Waals surface area contributed by atoms with Crippen molar-refractivity contribution in [2.24, 2.45) is 0 Å². The van der Waals surface area contributed by atoms with Gasteiger partial charge in [-0.1, -0.05) is 0 Å². The van der Waals surface area contributed by atoms with Crippen molar-refractivity contribution in [2.75, 3.05) is 7.11 Å². The molecule has 1 rings (SSSR count). The number of nitrogens with zero attached hydrogens (tertiary/aromatic N) is 2. The van der Waals surface area contributed by atoms with E-state index in [4.69, 9.17) is 10.00 Å². The van der Waals surface area contributed by atoms with Crippen LogP contribution in [0.25, 0.3) is 0 Å². The van der Waals surface area contributed by atoms with Crippen LogP contribution in [0.15, 0.2) is 12.1 Å². The summed E-state index contributed by atoms with van der Waals surface area (Å²) in [5.41, 5.74) is 0.801. The molecule has 0 unspecified atom stereocenters. The zero-order valence-corrected chi connectivity index (χ0v) is 7.77. The molecule has 0 spiro atoms. The highest BCUT2D eigenvalue weighted by atomic mass is 16.6. The van der Waals surface area contributed by atoms with E-state index in [-0.39, 0.29) is 11.4 Å². The summed E-state index contributed by atoms with van der Waals surface area (Å²) in [5.74, 6) is 0.235. The topological polar surface area (TPSA) is 76.2 Å². The molecule has 0 bridgehead atoms. The molecule has 0 aliphatic heterocycles. The van der Waals surface area contributed by atoms with Crippen LogP contribution in [-0.4, -0.2) is 12.0 Å². The van der Waals surface area contributed by atoms with E-state index in [2.05, 4.69) is 0 Å². The summed E-state index contributed by atoms with van der Waals surface area (Å²) in [4.78, 5) is 9.97. The van der Waals surface area contributed by atoms with Crippen molar-refractivity contribution in [3.05, 3.63) is 33.4 Å². The molecule has 5 heteroatoms. The number of methoxy groups -OCH3 is 1. The van der Waals surface area contributed by atoms with E-state index in [0.717, 1.165) is 0 Å². The van der Waals surface area contributed by atoms with E-state index in [1.165, 1.54) is 19.2 Å². The van der Waals surface area contributed by atoms with Crippen molar-refractivity contribution in [1.29, 1.82) is 5.26 Å². The minimum atomic E-state index is -0.517. The number of ether oxygens (including phenoxy) is 1. The Balaban J connectivity index is 3.40. The Kier molecular flexibility index (Phi) is 2.67. The largest absolute Gasteiger partial charge is 0.495 e. The molecule has 0 radical (unpaired) electrons. The van der Waals surface area contributed by atoms with Crippen LogP contribution < -0.4 is 4.74 Å². The van der Waals surface area contributed by atoms with E-state index >= 15 is 0 Å². The molecule has 72 valence electrons. The maximum Gasteiger partial charge on any atom is 0.273 e. The Bertz CT molecular complexity index is 421. The second kappa shape index (κ2) is 3.75. The molecule has 0 saturated carbocycles. The number of rotatable bonds is 2. The zero-order valence-electron chi connectivity index (χ0n) is 7.77. The van der Waals surface area contributed by atoms with Crippen LogP contribution in [-0.2, 0) is 0 Å². The van der Waals surface area contributed by atoms with Gasteiger partial charge in [-0.05, 0) is 12.5 Å². The zero-order chi connectivity index (χ0) is 10.7. The minimum absolute atomic E-state index is 0.0710. The van der Waals surface area contributed by atoms with Gasteiger partial charge in [-0.15, -0.1) is 0 Å². The lowest BCUT2D eigenvalue weighted by molar-refractivity contribution is -0.385. The van der Waals surface area contributed by atoms with Gasteiger partial charge in [0.1, 0.15) is 11.8 Å². The summed E-state index contributed by atoms with van der Waals surface area (Å²) < 4.78 is 4.88. The normalized spacial score (nSPS) is 9.21. The van der Waals surface area contributed by atoms with Crippen LogP contribution in [0.3, 0.4) is 0 Å². The molecule has 0 fully saturated rings. The van der Waals surface area contributed by atoms with Gasteiger partial charge >= 0.3 is 0 Å². The van der Waals surface area contributed by atoms with E-state index < -0.39 is 4.92 Å². The number of hydrogen-bond donors (Lipinski definition) is 0. The molecular formula is C9H8N2O3. The Labute approximate surface area is 80.7 Å². The first-order valence-electron chi connectivity index (χ1n) is 3.83. The first-order valence-corrected chi connectivity index (χ1v) is 3.83. The Morgan fingerprint density at radius 3 is 2.64 bits per heavy atom. The molecule has 0 heterocycles. The van der Waals surface area contributed by atoms with Crippen LogP contribution in [0, 0.1) is 28.4 Å². The average Bonchev–Trinajstić information content (AvgIpc) is 2.16. The Morgan fingerprint density at radius 1 is 1.57 bits per heavy atom. The van der Waals surface area contributed by atoms with E-state index in [0.29, 0.717) is 11.1 Å². The molecule has 1 aromatic rings. The van der Waals surface area contributed by atoms with Crippen LogP contribution in [0.1, 0.15) is 11.1 Å². The quantitative estimate of drug-likeness (QED) is 0.528. The summed E-state index contributed by atoms with van der Waals surface area (Å²) in [7, 11) is 1.37. The van der Waals surface area contributed by atoms with Gasteiger partial charge in [0.2, 0.25) is 0 Å². The third kappa shape index (κ3) is 1.64. The highest BCUT2D eigenvalue weighted by molar-refractivity contribution is 5.54. The number of nitro benzene ring substituents is 1. The molecule has 5 nitrogen and oxygen atoms in total.